The Morgan fingerprint density at radius 3 is 1.83 bits per heavy atom. The smallest absolute Gasteiger partial charge is 0.0806 e. The zero-order valence-corrected chi connectivity index (χ0v) is 18.4. The lowest BCUT2D eigenvalue weighted by Gasteiger charge is -2.36. The molecule has 3 aromatic carbocycles. The maximum absolute atomic E-state index is 2.42. The first-order valence-electron chi connectivity index (χ1n) is 10.9. The van der Waals surface area contributed by atoms with Gasteiger partial charge in [-0.05, 0) is 41.2 Å². The van der Waals surface area contributed by atoms with E-state index in [0.717, 1.165) is 12.5 Å². The molecule has 0 spiro atoms. The van der Waals surface area contributed by atoms with Crippen LogP contribution in [0.25, 0.3) is 0 Å². The molecular formula is C28H30Si. The number of hydrogen-bond donors (Lipinski definition) is 0. The Labute approximate surface area is 176 Å². The summed E-state index contributed by atoms with van der Waals surface area (Å²) in [6.07, 6.45) is 9.63. The third-order valence-corrected chi connectivity index (χ3v) is 11.3. The van der Waals surface area contributed by atoms with E-state index in [1.165, 1.54) is 35.2 Å². The molecule has 3 aromatic rings. The van der Waals surface area contributed by atoms with Crippen LogP contribution in [0.2, 0.25) is 0 Å². The number of unbranched alkanes of at least 4 members (excludes halogenated alkanes) is 1. The molecule has 0 heterocycles. The minimum Gasteiger partial charge on any atom is -0.0806 e. The summed E-state index contributed by atoms with van der Waals surface area (Å²) in [5.74, 6) is 0. The maximum atomic E-state index is 2.42. The third-order valence-electron chi connectivity index (χ3n) is 6.19. The van der Waals surface area contributed by atoms with Crippen molar-refractivity contribution >= 4 is 18.4 Å². The Morgan fingerprint density at radius 2 is 1.28 bits per heavy atom. The molecule has 0 unspecified atom stereocenters. The molecular weight excluding hydrogens is 364 g/mol. The summed E-state index contributed by atoms with van der Waals surface area (Å²) in [4.78, 5) is 0. The number of rotatable bonds is 8. The van der Waals surface area contributed by atoms with Crippen LogP contribution in [0.5, 0.6) is 0 Å². The highest BCUT2D eigenvalue weighted by Gasteiger charge is 2.42. The van der Waals surface area contributed by atoms with Crippen LogP contribution < -0.4 is 10.4 Å². The van der Waals surface area contributed by atoms with Gasteiger partial charge in [-0.2, -0.15) is 0 Å². The highest BCUT2D eigenvalue weighted by atomic mass is 28.3. The molecule has 0 fully saturated rings. The largest absolute Gasteiger partial charge is 0.149 e. The molecule has 1 heteroatoms. The van der Waals surface area contributed by atoms with Crippen LogP contribution >= 0.6 is 0 Å². The quantitative estimate of drug-likeness (QED) is 0.410. The first-order chi connectivity index (χ1) is 14.3. The van der Waals surface area contributed by atoms with Crippen molar-refractivity contribution in [1.82, 2.24) is 0 Å². The topological polar surface area (TPSA) is 0 Å². The number of allylic oxidation sites excluding steroid dienone is 4. The fourth-order valence-corrected chi connectivity index (χ4v) is 10.0. The van der Waals surface area contributed by atoms with Crippen molar-refractivity contribution < 1.29 is 0 Å². The highest BCUT2D eigenvalue weighted by Crippen LogP contribution is 2.33. The lowest BCUT2D eigenvalue weighted by atomic mass is 10.1. The van der Waals surface area contributed by atoms with Gasteiger partial charge in [0.15, 0.2) is 0 Å². The summed E-state index contributed by atoms with van der Waals surface area (Å²) < 4.78 is 0. The SMILES string of the molecule is CCCCC1=C([Si](Cc2ccccc2)(c2ccccc2)c2ccccc2)CC=C1. The van der Waals surface area contributed by atoms with Gasteiger partial charge >= 0.3 is 0 Å². The first kappa shape index (κ1) is 19.7. The summed E-state index contributed by atoms with van der Waals surface area (Å²) in [7, 11) is -2.15. The second-order valence-electron chi connectivity index (χ2n) is 8.01. The number of benzene rings is 3. The van der Waals surface area contributed by atoms with Gasteiger partial charge in [0.25, 0.3) is 0 Å². The van der Waals surface area contributed by atoms with E-state index in [1.54, 1.807) is 10.8 Å². The third kappa shape index (κ3) is 4.06. The molecule has 0 saturated heterocycles. The van der Waals surface area contributed by atoms with Gasteiger partial charge in [0.05, 0.1) is 0 Å². The Kier molecular flexibility index (Phi) is 6.26. The van der Waals surface area contributed by atoms with Gasteiger partial charge in [-0.3, -0.25) is 0 Å². The molecule has 0 bridgehead atoms. The second kappa shape index (κ2) is 9.24. The van der Waals surface area contributed by atoms with Crippen LogP contribution in [0, 0.1) is 0 Å². The first-order valence-corrected chi connectivity index (χ1v) is 13.1. The van der Waals surface area contributed by atoms with E-state index in [2.05, 4.69) is 110 Å². The average Bonchev–Trinajstić information content (AvgIpc) is 3.27. The fraction of sp³-hybridized carbons (Fsp3) is 0.214. The standard InChI is InChI=1S/C28H30Si/c1-2-3-16-25-17-13-22-28(25)29(26-18-9-5-10-19-26,27-20-11-6-12-21-27)23-24-14-7-4-8-15-24/h4-15,17-21H,2-3,16,22-23H2,1H3. The summed E-state index contributed by atoms with van der Waals surface area (Å²) in [6.45, 7) is 2.29. The predicted molar refractivity (Wildman–Crippen MR) is 128 cm³/mol. The second-order valence-corrected chi connectivity index (χ2v) is 11.9. The van der Waals surface area contributed by atoms with Crippen molar-refractivity contribution in [3.05, 3.63) is 119 Å². The van der Waals surface area contributed by atoms with Crippen molar-refractivity contribution in [1.29, 1.82) is 0 Å². The molecule has 0 amide bonds. The van der Waals surface area contributed by atoms with E-state index in [0.29, 0.717) is 0 Å². The van der Waals surface area contributed by atoms with Crippen molar-refractivity contribution in [3.63, 3.8) is 0 Å². The molecule has 146 valence electrons. The lowest BCUT2D eigenvalue weighted by Crippen LogP contribution is -2.62. The summed E-state index contributed by atoms with van der Waals surface area (Å²) in [5.41, 5.74) is 3.04. The van der Waals surface area contributed by atoms with Gasteiger partial charge < -0.3 is 0 Å². The maximum Gasteiger partial charge on any atom is 0.149 e. The van der Waals surface area contributed by atoms with Gasteiger partial charge in [-0.15, -0.1) is 0 Å². The molecule has 0 aromatic heterocycles. The predicted octanol–water partition coefficient (Wildman–Crippen LogP) is 6.02. The van der Waals surface area contributed by atoms with Gasteiger partial charge in [-0.25, -0.2) is 0 Å². The van der Waals surface area contributed by atoms with Crippen molar-refractivity contribution in [2.45, 2.75) is 38.7 Å². The molecule has 1 aliphatic rings. The summed E-state index contributed by atoms with van der Waals surface area (Å²) in [5, 5.41) is 4.78. The van der Waals surface area contributed by atoms with Crippen LogP contribution in [-0.4, -0.2) is 8.07 Å². The molecule has 0 radical (unpaired) electrons. The average molecular weight is 395 g/mol. The van der Waals surface area contributed by atoms with Crippen LogP contribution in [0.4, 0.5) is 0 Å². The summed E-state index contributed by atoms with van der Waals surface area (Å²) >= 11 is 0. The van der Waals surface area contributed by atoms with Crippen LogP contribution in [0.15, 0.2) is 114 Å². The molecule has 0 N–H and O–H groups in total. The van der Waals surface area contributed by atoms with Crippen LogP contribution in [0.3, 0.4) is 0 Å². The molecule has 0 aliphatic heterocycles. The van der Waals surface area contributed by atoms with E-state index < -0.39 is 8.07 Å². The monoisotopic (exact) mass is 394 g/mol. The molecule has 0 nitrogen and oxygen atoms in total. The molecule has 1 aliphatic carbocycles. The minimum absolute atomic E-state index is 1.10. The van der Waals surface area contributed by atoms with Gasteiger partial charge in [-0.1, -0.05) is 127 Å². The molecule has 0 atom stereocenters. The Balaban J connectivity index is 1.96. The molecule has 29 heavy (non-hydrogen) atoms. The summed E-state index contributed by atoms with van der Waals surface area (Å²) in [6, 6.07) is 34.9. The van der Waals surface area contributed by atoms with Gasteiger partial charge in [0, 0.05) is 0 Å². The van der Waals surface area contributed by atoms with Crippen LogP contribution in [-0.2, 0) is 6.04 Å². The van der Waals surface area contributed by atoms with E-state index in [1.807, 2.05) is 0 Å². The van der Waals surface area contributed by atoms with Crippen molar-refractivity contribution in [2.75, 3.05) is 0 Å². The number of hydrogen-bond acceptors (Lipinski definition) is 0. The zero-order valence-electron chi connectivity index (χ0n) is 17.4. The normalized spacial score (nSPS) is 13.8. The Morgan fingerprint density at radius 1 is 0.724 bits per heavy atom. The van der Waals surface area contributed by atoms with E-state index in [9.17, 15) is 0 Å². The van der Waals surface area contributed by atoms with Crippen molar-refractivity contribution in [2.24, 2.45) is 0 Å². The fourth-order valence-electron chi connectivity index (χ4n) is 4.77. The highest BCUT2D eigenvalue weighted by molar-refractivity contribution is 7.07. The van der Waals surface area contributed by atoms with Gasteiger partial charge in [0.1, 0.15) is 8.07 Å². The Hall–Kier alpha value is -2.64. The molecule has 0 saturated carbocycles. The van der Waals surface area contributed by atoms with E-state index >= 15 is 0 Å². The lowest BCUT2D eigenvalue weighted by molar-refractivity contribution is 0.796. The van der Waals surface area contributed by atoms with Crippen LogP contribution in [0.1, 0.15) is 38.2 Å². The molecule has 4 rings (SSSR count). The zero-order chi connectivity index (χ0) is 19.9. The Bertz CT molecular complexity index is 929. The van der Waals surface area contributed by atoms with Crippen molar-refractivity contribution in [3.8, 4) is 0 Å². The minimum atomic E-state index is -2.15. The van der Waals surface area contributed by atoms with E-state index in [-0.39, 0.29) is 0 Å². The van der Waals surface area contributed by atoms with Gasteiger partial charge in [0.2, 0.25) is 0 Å². The van der Waals surface area contributed by atoms with E-state index in [4.69, 9.17) is 0 Å².